The van der Waals surface area contributed by atoms with Crippen molar-refractivity contribution >= 4 is 0 Å². The van der Waals surface area contributed by atoms with Gasteiger partial charge in [0.2, 0.25) is 0 Å². The minimum absolute atomic E-state index is 0. The zero-order chi connectivity index (χ0) is 35.7. The van der Waals surface area contributed by atoms with Crippen molar-refractivity contribution in [1.82, 2.24) is 0 Å². The Morgan fingerprint density at radius 3 is 1.06 bits per heavy atom. The van der Waals surface area contributed by atoms with Crippen molar-refractivity contribution in [3.63, 3.8) is 0 Å². The molecule has 0 radical (unpaired) electrons. The van der Waals surface area contributed by atoms with Crippen LogP contribution >= 0.6 is 0 Å². The zero-order valence-corrected chi connectivity index (χ0v) is 28.0. The first kappa shape index (κ1) is 56.6. The lowest BCUT2D eigenvalue weighted by atomic mass is 10.3. The van der Waals surface area contributed by atoms with Gasteiger partial charge in [-0.05, 0) is 0 Å². The van der Waals surface area contributed by atoms with Gasteiger partial charge in [0.25, 0.3) is 0 Å². The molecule has 8 N–H and O–H groups in total. The van der Waals surface area contributed by atoms with Crippen LogP contribution in [-0.4, -0.2) is 234 Å². The monoisotopic (exact) mass is 786 g/mol. The van der Waals surface area contributed by atoms with Gasteiger partial charge in [0, 0.05) is 0 Å². The summed E-state index contributed by atoms with van der Waals surface area (Å²) in [5.74, 6) is 0. The Morgan fingerprint density at radius 1 is 0.377 bits per heavy atom. The molecule has 3 aliphatic rings. The Kier molecular flexibility index (Phi) is 38.0. The molecule has 0 aromatic heterocycles. The third kappa shape index (κ3) is 34.2. The molecule has 0 aromatic rings. The van der Waals surface area contributed by atoms with E-state index < -0.39 is 56.4 Å². The van der Waals surface area contributed by atoms with Crippen molar-refractivity contribution in [2.45, 2.75) is 90.7 Å². The van der Waals surface area contributed by atoms with Crippen LogP contribution in [0.2, 0.25) is 0 Å². The fraction of sp³-hybridized carbons (Fsp3) is 1.00. The molecule has 10 atom stereocenters. The average Bonchev–Trinajstić information content (AvgIpc) is 3.93. The van der Waals surface area contributed by atoms with Crippen molar-refractivity contribution in [2.75, 3.05) is 132 Å². The summed E-state index contributed by atoms with van der Waals surface area (Å²) >= 11 is 0. The first-order valence-corrected chi connectivity index (χ1v) is 16.5. The second kappa shape index (κ2) is 35.6. The SMILES string of the molecule is C.C.C.C.OC(COCC(COCC1CO1)OCC1CO1)COCC1CO1.OCC(O)COCC(O)COCC(COCC(O)CO)OCC(O)CO. The lowest BCUT2D eigenvalue weighted by Crippen LogP contribution is -2.34. The van der Waals surface area contributed by atoms with Gasteiger partial charge in [-0.25, -0.2) is 0 Å². The van der Waals surface area contributed by atoms with Crippen LogP contribution in [0, 0.1) is 0 Å². The Labute approximate surface area is 315 Å². The van der Waals surface area contributed by atoms with Crippen molar-refractivity contribution in [2.24, 2.45) is 0 Å². The van der Waals surface area contributed by atoms with E-state index in [0.717, 1.165) is 19.8 Å². The number of aliphatic hydroxyl groups excluding tert-OH is 8. The molecule has 0 bridgehead atoms. The molecule has 0 amide bonds. The van der Waals surface area contributed by atoms with Crippen LogP contribution in [-0.2, 0) is 52.1 Å². The van der Waals surface area contributed by atoms with Crippen LogP contribution in [0.4, 0.5) is 0 Å². The number of aliphatic hydroxyl groups is 8. The fourth-order valence-electron chi connectivity index (χ4n) is 3.54. The molecule has 3 saturated heterocycles. The highest BCUT2D eigenvalue weighted by Gasteiger charge is 2.27. The number of epoxide rings is 3. The summed E-state index contributed by atoms with van der Waals surface area (Å²) in [7, 11) is 0. The molecule has 324 valence electrons. The molecule has 3 heterocycles. The number of hydrogen-bond donors (Lipinski definition) is 8. The Morgan fingerprint density at radius 2 is 0.660 bits per heavy atom. The quantitative estimate of drug-likeness (QED) is 0.0316. The maximum atomic E-state index is 9.78. The van der Waals surface area contributed by atoms with E-state index in [1.54, 1.807) is 0 Å². The fourth-order valence-corrected chi connectivity index (χ4v) is 3.54. The second-order valence-corrected chi connectivity index (χ2v) is 11.8. The van der Waals surface area contributed by atoms with Gasteiger partial charge in [-0.15, -0.1) is 0 Å². The molecule has 0 spiro atoms. The molecule has 3 fully saturated rings. The van der Waals surface area contributed by atoms with Gasteiger partial charge in [0.1, 0.15) is 61.0 Å². The number of rotatable bonds is 33. The highest BCUT2D eigenvalue weighted by atomic mass is 16.6. The maximum Gasteiger partial charge on any atom is 0.104 e. The summed E-state index contributed by atoms with van der Waals surface area (Å²) in [6.07, 6.45) is -4.86. The maximum absolute atomic E-state index is 9.78. The minimum Gasteiger partial charge on any atom is -0.394 e. The Balaban J connectivity index is -0.000000880. The third-order valence-corrected chi connectivity index (χ3v) is 6.57. The average molecular weight is 787 g/mol. The Bertz CT molecular complexity index is 761. The highest BCUT2D eigenvalue weighted by molar-refractivity contribution is 4.71. The van der Waals surface area contributed by atoms with E-state index in [1.807, 2.05) is 0 Å². The lowest BCUT2D eigenvalue weighted by Gasteiger charge is -2.21. The smallest absolute Gasteiger partial charge is 0.104 e. The van der Waals surface area contributed by atoms with Crippen LogP contribution < -0.4 is 0 Å². The van der Waals surface area contributed by atoms with Crippen molar-refractivity contribution in [1.29, 1.82) is 0 Å². The van der Waals surface area contributed by atoms with E-state index in [1.165, 1.54) is 0 Å². The summed E-state index contributed by atoms with van der Waals surface area (Å²) in [4.78, 5) is 0. The van der Waals surface area contributed by atoms with Gasteiger partial charge >= 0.3 is 0 Å². The molecule has 53 heavy (non-hydrogen) atoms. The topological polar surface area (TPSA) is 273 Å². The van der Waals surface area contributed by atoms with Crippen molar-refractivity contribution < 1.29 is 93.0 Å². The van der Waals surface area contributed by atoms with Crippen LogP contribution in [0.25, 0.3) is 0 Å². The highest BCUT2D eigenvalue weighted by Crippen LogP contribution is 2.12. The largest absolute Gasteiger partial charge is 0.394 e. The lowest BCUT2D eigenvalue weighted by molar-refractivity contribution is -0.108. The molecule has 19 heteroatoms. The molecule has 0 aromatic carbocycles. The van der Waals surface area contributed by atoms with Gasteiger partial charge in [-0.1, -0.05) is 29.7 Å². The van der Waals surface area contributed by atoms with Gasteiger partial charge in [-0.3, -0.25) is 0 Å². The standard InChI is InChI=1S/C15H32O11.C15H26O8.4CH4/c16-1-11(19)4-23-6-14(22)7-25-10-15(26-8-13(21)3-18)9-24-5-12(20)2-17;16-11(2-18-5-13-7-21-13)1-17-3-12(20-9-15-10-23-15)4-19-6-14-8-22-14;;;;/h11-22H,1-10H2;11-16H,1-10H2;4*1H4. The molecule has 0 saturated carbocycles. The van der Waals surface area contributed by atoms with Crippen LogP contribution in [0.1, 0.15) is 29.7 Å². The van der Waals surface area contributed by atoms with Crippen LogP contribution in [0.15, 0.2) is 0 Å². The summed E-state index contributed by atoms with van der Waals surface area (Å²) in [5.41, 5.74) is 0. The van der Waals surface area contributed by atoms with Gasteiger partial charge in [0.05, 0.1) is 132 Å². The first-order valence-electron chi connectivity index (χ1n) is 16.5. The summed E-state index contributed by atoms with van der Waals surface area (Å²) in [6.45, 7) is 3.31. The molecule has 0 aliphatic carbocycles. The summed E-state index contributed by atoms with van der Waals surface area (Å²) in [6, 6.07) is 0. The number of ether oxygens (including phenoxy) is 11. The van der Waals surface area contributed by atoms with E-state index in [2.05, 4.69) is 0 Å². The molecule has 3 rings (SSSR count). The van der Waals surface area contributed by atoms with E-state index in [4.69, 9.17) is 72.5 Å². The van der Waals surface area contributed by atoms with Gasteiger partial charge in [-0.2, -0.15) is 0 Å². The molecule has 19 nitrogen and oxygen atoms in total. The van der Waals surface area contributed by atoms with E-state index in [-0.39, 0.29) is 114 Å². The molecule has 3 aliphatic heterocycles. The minimum atomic E-state index is -1.06. The molecular weight excluding hydrogens is 712 g/mol. The van der Waals surface area contributed by atoms with Crippen molar-refractivity contribution in [3.8, 4) is 0 Å². The third-order valence-electron chi connectivity index (χ3n) is 6.57. The van der Waals surface area contributed by atoms with Gasteiger partial charge < -0.3 is 93.0 Å². The number of hydrogen-bond acceptors (Lipinski definition) is 19. The summed E-state index contributed by atoms with van der Waals surface area (Å²) in [5, 5.41) is 73.2. The normalized spacial score (nSPS) is 22.1. The Hall–Kier alpha value is -0.760. The van der Waals surface area contributed by atoms with Gasteiger partial charge in [0.15, 0.2) is 0 Å². The van der Waals surface area contributed by atoms with E-state index in [0.29, 0.717) is 33.0 Å². The second-order valence-electron chi connectivity index (χ2n) is 11.8. The molecule has 10 unspecified atom stereocenters. The van der Waals surface area contributed by atoms with Crippen molar-refractivity contribution in [3.05, 3.63) is 0 Å². The summed E-state index contributed by atoms with van der Waals surface area (Å²) < 4.78 is 58.2. The first-order chi connectivity index (χ1) is 23.7. The predicted molar refractivity (Wildman–Crippen MR) is 192 cm³/mol. The van der Waals surface area contributed by atoms with E-state index >= 15 is 0 Å². The molecular formula is C34H74O19. The predicted octanol–water partition coefficient (Wildman–Crippen LogP) is -2.63. The van der Waals surface area contributed by atoms with E-state index in [9.17, 15) is 20.4 Å². The van der Waals surface area contributed by atoms with Crippen LogP contribution in [0.3, 0.4) is 0 Å². The zero-order valence-electron chi connectivity index (χ0n) is 28.0. The van der Waals surface area contributed by atoms with Crippen LogP contribution in [0.5, 0.6) is 0 Å².